The molecule has 8 heteroatoms. The molecule has 0 heterocycles. The summed E-state index contributed by atoms with van der Waals surface area (Å²) in [6.45, 7) is 0.413. The topological polar surface area (TPSA) is 98.3 Å². The molecule has 0 fully saturated rings. The van der Waals surface area contributed by atoms with Gasteiger partial charge >= 0.3 is 0 Å². The highest BCUT2D eigenvalue weighted by atomic mass is 79.9. The fraction of sp³-hybridized carbons (Fsp3) is 0.0769. The minimum absolute atomic E-state index is 0.0244. The van der Waals surface area contributed by atoms with Crippen LogP contribution in [0.2, 0.25) is 0 Å². The normalized spacial score (nSPS) is 10.1. The van der Waals surface area contributed by atoms with Crippen LogP contribution in [-0.4, -0.2) is 9.85 Å². The Morgan fingerprint density at radius 3 is 2.24 bits per heavy atom. The highest BCUT2D eigenvalue weighted by Crippen LogP contribution is 2.28. The van der Waals surface area contributed by atoms with Crippen molar-refractivity contribution >= 4 is 33.0 Å². The van der Waals surface area contributed by atoms with E-state index in [1.54, 1.807) is 24.3 Å². The number of nitrogens with one attached hydrogen (secondary N) is 1. The van der Waals surface area contributed by atoms with Gasteiger partial charge in [0, 0.05) is 30.4 Å². The molecule has 0 aliphatic rings. The first-order valence-corrected chi connectivity index (χ1v) is 6.68. The van der Waals surface area contributed by atoms with Crippen LogP contribution in [0, 0.1) is 20.2 Å². The molecule has 0 amide bonds. The Kier molecular flexibility index (Phi) is 4.49. The van der Waals surface area contributed by atoms with Gasteiger partial charge in [0.25, 0.3) is 11.4 Å². The Morgan fingerprint density at radius 2 is 1.67 bits per heavy atom. The summed E-state index contributed by atoms with van der Waals surface area (Å²) in [5.41, 5.74) is 1.44. The summed E-state index contributed by atoms with van der Waals surface area (Å²) < 4.78 is 0.411. The largest absolute Gasteiger partial charge is 0.381 e. The quantitative estimate of drug-likeness (QED) is 0.650. The Hall–Kier alpha value is -2.48. The predicted octanol–water partition coefficient (Wildman–Crippen LogP) is 3.88. The number of rotatable bonds is 5. The summed E-state index contributed by atoms with van der Waals surface area (Å²) in [6, 6.07) is 10.8. The number of nitro groups is 2. The van der Waals surface area contributed by atoms with Crippen LogP contribution in [0.1, 0.15) is 5.56 Å². The van der Waals surface area contributed by atoms with Crippen molar-refractivity contribution in [2.24, 2.45) is 0 Å². The number of halogens is 1. The smallest absolute Gasteiger partial charge is 0.285 e. The molecular weight excluding hydrogens is 342 g/mol. The van der Waals surface area contributed by atoms with E-state index in [4.69, 9.17) is 0 Å². The first-order chi connectivity index (χ1) is 9.97. The minimum atomic E-state index is -0.471. The summed E-state index contributed by atoms with van der Waals surface area (Å²) in [5, 5.41) is 24.4. The van der Waals surface area contributed by atoms with Crippen LogP contribution in [0.25, 0.3) is 0 Å². The average molecular weight is 352 g/mol. The van der Waals surface area contributed by atoms with Gasteiger partial charge in [-0.15, -0.1) is 0 Å². The molecular formula is C13H10BrN3O4. The van der Waals surface area contributed by atoms with Gasteiger partial charge < -0.3 is 5.32 Å². The molecule has 0 aliphatic heterocycles. The molecule has 0 unspecified atom stereocenters. The van der Waals surface area contributed by atoms with E-state index in [0.29, 0.717) is 16.7 Å². The number of hydrogen-bond acceptors (Lipinski definition) is 5. The molecule has 0 atom stereocenters. The van der Waals surface area contributed by atoms with E-state index in [1.165, 1.54) is 18.2 Å². The van der Waals surface area contributed by atoms with E-state index in [1.807, 2.05) is 0 Å². The second kappa shape index (κ2) is 6.31. The monoisotopic (exact) mass is 351 g/mol. The van der Waals surface area contributed by atoms with E-state index in [-0.39, 0.29) is 11.4 Å². The lowest BCUT2D eigenvalue weighted by molar-refractivity contribution is -0.385. The third kappa shape index (κ3) is 3.76. The molecule has 21 heavy (non-hydrogen) atoms. The first-order valence-electron chi connectivity index (χ1n) is 5.88. The molecule has 2 aromatic carbocycles. The van der Waals surface area contributed by atoms with Crippen LogP contribution in [0.3, 0.4) is 0 Å². The fourth-order valence-corrected chi connectivity index (χ4v) is 2.09. The first kappa shape index (κ1) is 14.9. The lowest BCUT2D eigenvalue weighted by atomic mass is 10.2. The van der Waals surface area contributed by atoms with Crippen LogP contribution in [0.15, 0.2) is 46.9 Å². The third-order valence-corrected chi connectivity index (χ3v) is 3.46. The predicted molar refractivity (Wildman–Crippen MR) is 81.2 cm³/mol. The van der Waals surface area contributed by atoms with E-state index in [2.05, 4.69) is 21.2 Å². The molecule has 0 aliphatic carbocycles. The Labute approximate surface area is 128 Å². The van der Waals surface area contributed by atoms with Gasteiger partial charge in [-0.1, -0.05) is 12.1 Å². The minimum Gasteiger partial charge on any atom is -0.381 e. The zero-order chi connectivity index (χ0) is 15.4. The summed E-state index contributed by atoms with van der Waals surface area (Å²) in [7, 11) is 0. The Bertz CT molecular complexity index is 688. The molecule has 7 nitrogen and oxygen atoms in total. The fourth-order valence-electron chi connectivity index (χ4n) is 1.70. The van der Waals surface area contributed by atoms with Gasteiger partial charge in [0.05, 0.1) is 14.3 Å². The number of nitro benzene ring substituents is 2. The van der Waals surface area contributed by atoms with E-state index in [0.717, 1.165) is 5.56 Å². The van der Waals surface area contributed by atoms with Crippen molar-refractivity contribution in [2.45, 2.75) is 6.54 Å². The summed E-state index contributed by atoms with van der Waals surface area (Å²) in [6.07, 6.45) is 0. The molecule has 2 rings (SSSR count). The van der Waals surface area contributed by atoms with Gasteiger partial charge in [0.15, 0.2) is 0 Å². The number of nitrogens with zero attached hydrogens (tertiary/aromatic N) is 2. The van der Waals surface area contributed by atoms with Crippen molar-refractivity contribution in [1.29, 1.82) is 0 Å². The molecule has 2 aromatic rings. The zero-order valence-corrected chi connectivity index (χ0v) is 12.2. The van der Waals surface area contributed by atoms with Crippen molar-refractivity contribution in [2.75, 3.05) is 5.32 Å². The number of benzene rings is 2. The van der Waals surface area contributed by atoms with Gasteiger partial charge in [-0.25, -0.2) is 0 Å². The zero-order valence-electron chi connectivity index (χ0n) is 10.7. The van der Waals surface area contributed by atoms with Crippen LogP contribution in [0.4, 0.5) is 17.1 Å². The van der Waals surface area contributed by atoms with E-state index in [9.17, 15) is 20.2 Å². The molecule has 0 aromatic heterocycles. The number of non-ortho nitro benzene ring substituents is 1. The van der Waals surface area contributed by atoms with Crippen LogP contribution < -0.4 is 5.32 Å². The third-order valence-electron chi connectivity index (χ3n) is 2.79. The van der Waals surface area contributed by atoms with Crippen molar-refractivity contribution < 1.29 is 9.85 Å². The van der Waals surface area contributed by atoms with Gasteiger partial charge in [-0.05, 0) is 33.6 Å². The summed E-state index contributed by atoms with van der Waals surface area (Å²) in [5.74, 6) is 0. The van der Waals surface area contributed by atoms with Gasteiger partial charge in [-0.2, -0.15) is 0 Å². The van der Waals surface area contributed by atoms with Crippen molar-refractivity contribution in [3.05, 3.63) is 72.7 Å². The highest BCUT2D eigenvalue weighted by Gasteiger charge is 2.12. The molecule has 1 N–H and O–H groups in total. The SMILES string of the molecule is O=[N+]([O-])c1ccc(CNc2ccc(Br)c([N+](=O)[O-])c2)cc1. The van der Waals surface area contributed by atoms with Gasteiger partial charge in [0.1, 0.15) is 0 Å². The second-order valence-corrected chi connectivity index (χ2v) is 5.05. The van der Waals surface area contributed by atoms with Crippen LogP contribution >= 0.6 is 15.9 Å². The molecule has 108 valence electrons. The Balaban J connectivity index is 2.07. The van der Waals surface area contributed by atoms with Crippen molar-refractivity contribution in [1.82, 2.24) is 0 Å². The molecule has 0 saturated heterocycles. The number of anilines is 1. The molecule has 0 spiro atoms. The van der Waals surface area contributed by atoms with Crippen LogP contribution in [-0.2, 0) is 6.54 Å². The standard InChI is InChI=1S/C13H10BrN3O4/c14-12-6-3-10(7-13(12)17(20)21)15-8-9-1-4-11(5-2-9)16(18)19/h1-7,15H,8H2. The maximum absolute atomic E-state index is 10.8. The lowest BCUT2D eigenvalue weighted by Crippen LogP contribution is -2.00. The van der Waals surface area contributed by atoms with Crippen LogP contribution in [0.5, 0.6) is 0 Å². The maximum atomic E-state index is 10.8. The molecule has 0 bridgehead atoms. The highest BCUT2D eigenvalue weighted by molar-refractivity contribution is 9.10. The van der Waals surface area contributed by atoms with E-state index >= 15 is 0 Å². The van der Waals surface area contributed by atoms with Gasteiger partial charge in [-0.3, -0.25) is 20.2 Å². The summed E-state index contributed by atoms with van der Waals surface area (Å²) in [4.78, 5) is 20.4. The van der Waals surface area contributed by atoms with Crippen molar-refractivity contribution in [3.8, 4) is 0 Å². The maximum Gasteiger partial charge on any atom is 0.285 e. The van der Waals surface area contributed by atoms with Gasteiger partial charge in [0.2, 0.25) is 0 Å². The number of hydrogen-bond donors (Lipinski definition) is 1. The Morgan fingerprint density at radius 1 is 1.00 bits per heavy atom. The molecule has 0 radical (unpaired) electrons. The average Bonchev–Trinajstić information content (AvgIpc) is 2.46. The van der Waals surface area contributed by atoms with E-state index < -0.39 is 9.85 Å². The molecule has 0 saturated carbocycles. The summed E-state index contributed by atoms with van der Waals surface area (Å²) >= 11 is 3.12. The second-order valence-electron chi connectivity index (χ2n) is 4.20. The van der Waals surface area contributed by atoms with Crippen molar-refractivity contribution in [3.63, 3.8) is 0 Å². The lowest BCUT2D eigenvalue weighted by Gasteiger charge is -2.07.